The Bertz CT molecular complexity index is 2900. The summed E-state index contributed by atoms with van der Waals surface area (Å²) < 4.78 is 6.37. The Balaban J connectivity index is 1.09. The van der Waals surface area contributed by atoms with Gasteiger partial charge < -0.3 is 9.32 Å². The number of hydrogen-bond acceptors (Lipinski definition) is 2. The lowest BCUT2D eigenvalue weighted by Crippen LogP contribution is -2.11. The Hall–Kier alpha value is -6.90. The zero-order valence-corrected chi connectivity index (χ0v) is 28.4. The Morgan fingerprint density at radius 2 is 0.885 bits per heavy atom. The third-order valence-corrected chi connectivity index (χ3v) is 10.2. The fourth-order valence-electron chi connectivity index (χ4n) is 7.66. The molecule has 0 unspecified atom stereocenters. The van der Waals surface area contributed by atoms with Gasteiger partial charge in [0, 0.05) is 16.6 Å². The van der Waals surface area contributed by atoms with Crippen LogP contribution < -0.4 is 4.90 Å². The van der Waals surface area contributed by atoms with Crippen LogP contribution >= 0.6 is 0 Å². The fourth-order valence-corrected chi connectivity index (χ4v) is 7.66. The topological polar surface area (TPSA) is 16.4 Å². The molecule has 10 rings (SSSR count). The Kier molecular flexibility index (Phi) is 7.18. The third-order valence-electron chi connectivity index (χ3n) is 10.2. The van der Waals surface area contributed by atoms with E-state index >= 15 is 0 Å². The normalized spacial score (nSPS) is 11.5. The van der Waals surface area contributed by atoms with Gasteiger partial charge in [0.1, 0.15) is 11.2 Å². The van der Waals surface area contributed by atoms with Gasteiger partial charge in [-0.3, -0.25) is 0 Å². The molecule has 0 aliphatic carbocycles. The minimum Gasteiger partial charge on any atom is -0.456 e. The summed E-state index contributed by atoms with van der Waals surface area (Å²) >= 11 is 0. The predicted octanol–water partition coefficient (Wildman–Crippen LogP) is 14.4. The molecular formula is C50H33NO. The molecule has 0 N–H and O–H groups in total. The molecular weight excluding hydrogens is 631 g/mol. The summed E-state index contributed by atoms with van der Waals surface area (Å²) in [6.07, 6.45) is 0. The van der Waals surface area contributed by atoms with Crippen LogP contribution in [-0.2, 0) is 0 Å². The zero-order chi connectivity index (χ0) is 34.4. The van der Waals surface area contributed by atoms with E-state index in [-0.39, 0.29) is 0 Å². The number of nitrogens with zero attached hydrogens (tertiary/aromatic N) is 1. The van der Waals surface area contributed by atoms with E-state index < -0.39 is 0 Å². The summed E-state index contributed by atoms with van der Waals surface area (Å²) in [7, 11) is 0. The average Bonchev–Trinajstić information content (AvgIpc) is 3.61. The van der Waals surface area contributed by atoms with Gasteiger partial charge >= 0.3 is 0 Å². The second-order valence-electron chi connectivity index (χ2n) is 13.4. The van der Waals surface area contributed by atoms with Gasteiger partial charge in [0.25, 0.3) is 0 Å². The van der Waals surface area contributed by atoms with Gasteiger partial charge in [0.15, 0.2) is 0 Å². The number of fused-ring (bicyclic) bond motifs is 5. The molecule has 0 bridgehead atoms. The maximum absolute atomic E-state index is 6.37. The van der Waals surface area contributed by atoms with E-state index in [0.717, 1.165) is 44.6 Å². The first-order valence-electron chi connectivity index (χ1n) is 17.8. The summed E-state index contributed by atoms with van der Waals surface area (Å²) in [5, 5.41) is 7.17. The van der Waals surface area contributed by atoms with Gasteiger partial charge in [-0.15, -0.1) is 0 Å². The van der Waals surface area contributed by atoms with E-state index in [1.54, 1.807) is 0 Å². The van der Waals surface area contributed by atoms with Gasteiger partial charge in [0.2, 0.25) is 0 Å². The van der Waals surface area contributed by atoms with Crippen molar-refractivity contribution >= 4 is 60.5 Å². The number of para-hydroxylation sites is 2. The quantitative estimate of drug-likeness (QED) is 0.176. The maximum Gasteiger partial charge on any atom is 0.137 e. The highest BCUT2D eigenvalue weighted by atomic mass is 16.3. The average molecular weight is 664 g/mol. The van der Waals surface area contributed by atoms with Crippen molar-refractivity contribution in [3.63, 3.8) is 0 Å². The number of furan rings is 1. The summed E-state index contributed by atoms with van der Waals surface area (Å²) in [5.74, 6) is 0. The highest BCUT2D eigenvalue weighted by Gasteiger charge is 2.21. The van der Waals surface area contributed by atoms with Crippen molar-refractivity contribution in [2.24, 2.45) is 0 Å². The van der Waals surface area contributed by atoms with Crippen molar-refractivity contribution in [3.05, 3.63) is 200 Å². The van der Waals surface area contributed by atoms with Crippen molar-refractivity contribution < 1.29 is 4.42 Å². The molecule has 0 aliphatic rings. The number of hydrogen-bond donors (Lipinski definition) is 0. The lowest BCUT2D eigenvalue weighted by molar-refractivity contribution is 0.669. The van der Waals surface area contributed by atoms with Crippen LogP contribution in [0.25, 0.3) is 76.9 Å². The molecule has 9 aromatic carbocycles. The molecule has 2 heteroatoms. The Labute approximate surface area is 302 Å². The van der Waals surface area contributed by atoms with Gasteiger partial charge in [-0.05, 0) is 104 Å². The van der Waals surface area contributed by atoms with Crippen molar-refractivity contribution in [3.8, 4) is 33.4 Å². The van der Waals surface area contributed by atoms with Crippen LogP contribution in [0.3, 0.4) is 0 Å². The molecule has 0 atom stereocenters. The third kappa shape index (κ3) is 5.21. The van der Waals surface area contributed by atoms with E-state index in [1.165, 1.54) is 49.4 Å². The molecule has 2 nitrogen and oxygen atoms in total. The van der Waals surface area contributed by atoms with Gasteiger partial charge in [-0.2, -0.15) is 0 Å². The van der Waals surface area contributed by atoms with Gasteiger partial charge in [0.05, 0.1) is 16.8 Å². The number of rotatable bonds is 6. The largest absolute Gasteiger partial charge is 0.456 e. The molecule has 0 aliphatic heterocycles. The van der Waals surface area contributed by atoms with Crippen LogP contribution in [0.1, 0.15) is 0 Å². The second-order valence-corrected chi connectivity index (χ2v) is 13.4. The van der Waals surface area contributed by atoms with Gasteiger partial charge in [-0.25, -0.2) is 0 Å². The first-order chi connectivity index (χ1) is 25.8. The molecule has 0 saturated heterocycles. The highest BCUT2D eigenvalue weighted by Crippen LogP contribution is 2.46. The summed E-state index contributed by atoms with van der Waals surface area (Å²) in [6.45, 7) is 0. The minimum atomic E-state index is 0.872. The van der Waals surface area contributed by atoms with Crippen molar-refractivity contribution in [1.29, 1.82) is 0 Å². The summed E-state index contributed by atoms with van der Waals surface area (Å²) in [5.41, 5.74) is 12.1. The van der Waals surface area contributed by atoms with Crippen LogP contribution in [0.4, 0.5) is 17.1 Å². The number of benzene rings is 9. The Morgan fingerprint density at radius 3 is 1.67 bits per heavy atom. The smallest absolute Gasteiger partial charge is 0.137 e. The standard InChI is InChI=1S/C50H33NO/c1-2-12-37(13-3-1)44-15-6-8-17-46(44)51(47-18-10-20-49-50(47)45-16-7-9-19-48(45)52-49)43-29-27-35(28-30-43)39-24-22-36-23-26-41(33-42(36)32-39)40-25-21-34-11-4-5-14-38(34)31-40/h1-33H. The molecule has 1 heterocycles. The molecule has 0 amide bonds. The zero-order valence-electron chi connectivity index (χ0n) is 28.4. The van der Waals surface area contributed by atoms with Crippen molar-refractivity contribution in [1.82, 2.24) is 0 Å². The molecule has 1 aromatic heterocycles. The molecule has 10 aromatic rings. The lowest BCUT2D eigenvalue weighted by atomic mass is 9.96. The van der Waals surface area contributed by atoms with Gasteiger partial charge in [-0.1, -0.05) is 146 Å². The van der Waals surface area contributed by atoms with Crippen molar-refractivity contribution in [2.45, 2.75) is 0 Å². The second kappa shape index (κ2) is 12.5. The molecule has 0 radical (unpaired) electrons. The van der Waals surface area contributed by atoms with E-state index in [1.807, 2.05) is 12.1 Å². The van der Waals surface area contributed by atoms with E-state index in [2.05, 4.69) is 193 Å². The first kappa shape index (κ1) is 30.0. The Morgan fingerprint density at radius 1 is 0.327 bits per heavy atom. The molecule has 0 fully saturated rings. The SMILES string of the molecule is c1ccc(-c2ccccc2N(c2ccc(-c3ccc4ccc(-c5ccc6ccccc6c5)cc4c3)cc2)c2cccc3oc4ccccc4c23)cc1. The number of anilines is 3. The lowest BCUT2D eigenvalue weighted by Gasteiger charge is -2.28. The van der Waals surface area contributed by atoms with E-state index in [4.69, 9.17) is 4.42 Å². The maximum atomic E-state index is 6.37. The van der Waals surface area contributed by atoms with Crippen molar-refractivity contribution in [2.75, 3.05) is 4.90 Å². The highest BCUT2D eigenvalue weighted by molar-refractivity contribution is 6.14. The summed E-state index contributed by atoms with van der Waals surface area (Å²) in [6, 6.07) is 71.8. The van der Waals surface area contributed by atoms with Crippen LogP contribution in [0.15, 0.2) is 205 Å². The van der Waals surface area contributed by atoms with Crippen LogP contribution in [0.5, 0.6) is 0 Å². The monoisotopic (exact) mass is 663 g/mol. The predicted molar refractivity (Wildman–Crippen MR) is 220 cm³/mol. The molecule has 244 valence electrons. The fraction of sp³-hybridized carbons (Fsp3) is 0. The summed E-state index contributed by atoms with van der Waals surface area (Å²) in [4.78, 5) is 2.38. The molecule has 0 spiro atoms. The van der Waals surface area contributed by atoms with E-state index in [0.29, 0.717) is 0 Å². The van der Waals surface area contributed by atoms with Crippen LogP contribution in [-0.4, -0.2) is 0 Å². The van der Waals surface area contributed by atoms with Crippen LogP contribution in [0.2, 0.25) is 0 Å². The molecule has 52 heavy (non-hydrogen) atoms. The first-order valence-corrected chi connectivity index (χ1v) is 17.8. The van der Waals surface area contributed by atoms with Crippen LogP contribution in [0, 0.1) is 0 Å². The molecule has 0 saturated carbocycles. The minimum absolute atomic E-state index is 0.872. The van der Waals surface area contributed by atoms with E-state index in [9.17, 15) is 0 Å².